The van der Waals surface area contributed by atoms with Crippen LogP contribution < -0.4 is 0 Å². The lowest BCUT2D eigenvalue weighted by Crippen LogP contribution is -2.44. The molecule has 0 radical (unpaired) electrons. The first kappa shape index (κ1) is 18.3. The number of allylic oxidation sites excluding steroid dienone is 1. The summed E-state index contributed by atoms with van der Waals surface area (Å²) in [6.45, 7) is 5.97. The van der Waals surface area contributed by atoms with E-state index in [2.05, 4.69) is 13.5 Å². The molecule has 0 amide bonds. The SMILES string of the molecule is C=CC[C@H]1C(=O)O[C@@H]1CCCCCCCCCCCCC. The molecule has 1 aliphatic rings. The number of unbranched alkanes of at least 4 members (excludes halogenated alkanes) is 10. The molecule has 1 rings (SSSR count). The van der Waals surface area contributed by atoms with Crippen LogP contribution in [-0.2, 0) is 9.53 Å². The van der Waals surface area contributed by atoms with Gasteiger partial charge in [-0.1, -0.05) is 77.2 Å². The van der Waals surface area contributed by atoms with Crippen LogP contribution in [0.2, 0.25) is 0 Å². The third kappa shape index (κ3) is 7.68. The zero-order valence-corrected chi connectivity index (χ0v) is 13.9. The van der Waals surface area contributed by atoms with Gasteiger partial charge in [0.1, 0.15) is 6.10 Å². The number of hydrogen-bond donors (Lipinski definition) is 0. The van der Waals surface area contributed by atoms with E-state index >= 15 is 0 Å². The van der Waals surface area contributed by atoms with Crippen LogP contribution in [0.4, 0.5) is 0 Å². The van der Waals surface area contributed by atoms with Crippen LogP contribution in [-0.4, -0.2) is 12.1 Å². The van der Waals surface area contributed by atoms with Crippen molar-refractivity contribution in [1.82, 2.24) is 0 Å². The van der Waals surface area contributed by atoms with Crippen molar-refractivity contribution in [2.45, 2.75) is 96.5 Å². The Hall–Kier alpha value is -0.790. The number of carbonyl (C=O) groups excluding carboxylic acids is 1. The minimum atomic E-state index is -0.0250. The Morgan fingerprint density at radius 3 is 1.95 bits per heavy atom. The summed E-state index contributed by atoms with van der Waals surface area (Å²) in [6.07, 6.45) is 18.8. The number of rotatable bonds is 14. The number of cyclic esters (lactones) is 1. The third-order valence-corrected chi connectivity index (χ3v) is 4.53. The lowest BCUT2D eigenvalue weighted by Gasteiger charge is -2.34. The largest absolute Gasteiger partial charge is 0.461 e. The Morgan fingerprint density at radius 2 is 1.48 bits per heavy atom. The molecule has 0 aliphatic carbocycles. The monoisotopic (exact) mass is 294 g/mol. The Bertz CT molecular complexity index is 285. The standard InChI is InChI=1S/C19H34O2/c1-3-5-6-7-8-9-10-11-12-13-14-16-18-17(15-4-2)19(20)21-18/h4,17-18H,2-3,5-16H2,1H3/t17-,18-/m1/s1. The summed E-state index contributed by atoms with van der Waals surface area (Å²) in [7, 11) is 0. The quantitative estimate of drug-likeness (QED) is 0.230. The molecule has 2 atom stereocenters. The second-order valence-corrected chi connectivity index (χ2v) is 6.43. The molecule has 0 spiro atoms. The van der Waals surface area contributed by atoms with Crippen LogP contribution in [0.25, 0.3) is 0 Å². The number of ether oxygens (including phenoxy) is 1. The molecular formula is C19H34O2. The molecule has 0 aromatic rings. The minimum absolute atomic E-state index is 0.0250. The normalized spacial score (nSPS) is 20.9. The van der Waals surface area contributed by atoms with Gasteiger partial charge in [-0.15, -0.1) is 6.58 Å². The highest BCUT2D eigenvalue weighted by Gasteiger charge is 2.40. The van der Waals surface area contributed by atoms with Gasteiger partial charge in [0.15, 0.2) is 0 Å². The highest BCUT2D eigenvalue weighted by molar-refractivity contribution is 5.78. The van der Waals surface area contributed by atoms with Gasteiger partial charge in [0.2, 0.25) is 0 Å². The van der Waals surface area contributed by atoms with E-state index in [1.807, 2.05) is 6.08 Å². The van der Waals surface area contributed by atoms with Crippen LogP contribution in [0.5, 0.6) is 0 Å². The van der Waals surface area contributed by atoms with Crippen molar-refractivity contribution in [2.75, 3.05) is 0 Å². The predicted molar refractivity (Wildman–Crippen MR) is 89.3 cm³/mol. The molecule has 122 valence electrons. The summed E-state index contributed by atoms with van der Waals surface area (Å²) < 4.78 is 5.21. The van der Waals surface area contributed by atoms with Gasteiger partial charge in [0.05, 0.1) is 5.92 Å². The van der Waals surface area contributed by atoms with Gasteiger partial charge in [-0.2, -0.15) is 0 Å². The molecular weight excluding hydrogens is 260 g/mol. The van der Waals surface area contributed by atoms with Crippen LogP contribution in [0.1, 0.15) is 90.4 Å². The van der Waals surface area contributed by atoms with Crippen LogP contribution in [0, 0.1) is 5.92 Å². The Kier molecular flexibility index (Phi) is 10.3. The fourth-order valence-corrected chi connectivity index (χ4v) is 3.10. The van der Waals surface area contributed by atoms with Crippen LogP contribution >= 0.6 is 0 Å². The van der Waals surface area contributed by atoms with E-state index in [9.17, 15) is 4.79 Å². The van der Waals surface area contributed by atoms with Gasteiger partial charge in [-0.05, 0) is 19.3 Å². The van der Waals surface area contributed by atoms with E-state index in [1.54, 1.807) is 0 Å². The number of carbonyl (C=O) groups is 1. The van der Waals surface area contributed by atoms with Gasteiger partial charge in [-0.25, -0.2) is 0 Å². The first-order chi connectivity index (χ1) is 10.3. The van der Waals surface area contributed by atoms with Crippen LogP contribution in [0.3, 0.4) is 0 Å². The smallest absolute Gasteiger partial charge is 0.313 e. The lowest BCUT2D eigenvalue weighted by atomic mass is 9.89. The maximum Gasteiger partial charge on any atom is 0.313 e. The van der Waals surface area contributed by atoms with Crippen molar-refractivity contribution in [3.05, 3.63) is 12.7 Å². The molecule has 0 aromatic carbocycles. The maximum atomic E-state index is 11.3. The van der Waals surface area contributed by atoms with E-state index in [-0.39, 0.29) is 18.0 Å². The molecule has 1 saturated heterocycles. The molecule has 0 N–H and O–H groups in total. The van der Waals surface area contributed by atoms with Gasteiger partial charge >= 0.3 is 5.97 Å². The molecule has 1 fully saturated rings. The third-order valence-electron chi connectivity index (χ3n) is 4.53. The summed E-state index contributed by atoms with van der Waals surface area (Å²) in [5.41, 5.74) is 0. The lowest BCUT2D eigenvalue weighted by molar-refractivity contribution is -0.184. The van der Waals surface area contributed by atoms with E-state index in [1.165, 1.54) is 70.6 Å². The van der Waals surface area contributed by atoms with Gasteiger partial charge in [-0.3, -0.25) is 4.79 Å². The van der Waals surface area contributed by atoms with Crippen molar-refractivity contribution < 1.29 is 9.53 Å². The Morgan fingerprint density at radius 1 is 0.952 bits per heavy atom. The summed E-state index contributed by atoms with van der Waals surface area (Å²) in [6, 6.07) is 0. The van der Waals surface area contributed by atoms with Crippen molar-refractivity contribution in [1.29, 1.82) is 0 Å². The number of esters is 1. The minimum Gasteiger partial charge on any atom is -0.461 e. The molecule has 0 aromatic heterocycles. The van der Waals surface area contributed by atoms with Gasteiger partial charge in [0.25, 0.3) is 0 Å². The van der Waals surface area contributed by atoms with E-state index in [4.69, 9.17) is 4.74 Å². The van der Waals surface area contributed by atoms with Gasteiger partial charge in [0, 0.05) is 0 Å². The van der Waals surface area contributed by atoms with Gasteiger partial charge < -0.3 is 4.74 Å². The average Bonchev–Trinajstić information content (AvgIpc) is 2.49. The van der Waals surface area contributed by atoms with E-state index in [0.29, 0.717) is 0 Å². The first-order valence-electron chi connectivity index (χ1n) is 9.11. The Balaban J connectivity index is 1.83. The summed E-state index contributed by atoms with van der Waals surface area (Å²) in [4.78, 5) is 11.3. The molecule has 0 bridgehead atoms. The molecule has 0 saturated carbocycles. The van der Waals surface area contributed by atoms with E-state index in [0.717, 1.165) is 12.8 Å². The summed E-state index contributed by atoms with van der Waals surface area (Å²) >= 11 is 0. The van der Waals surface area contributed by atoms with Crippen LogP contribution in [0.15, 0.2) is 12.7 Å². The summed E-state index contributed by atoms with van der Waals surface area (Å²) in [5, 5.41) is 0. The topological polar surface area (TPSA) is 26.3 Å². The maximum absolute atomic E-state index is 11.3. The molecule has 1 aliphatic heterocycles. The fourth-order valence-electron chi connectivity index (χ4n) is 3.10. The average molecular weight is 294 g/mol. The predicted octanol–water partition coefficient (Wildman–Crippen LogP) is 5.81. The highest BCUT2D eigenvalue weighted by Crippen LogP contribution is 2.30. The van der Waals surface area contributed by atoms with E-state index < -0.39 is 0 Å². The van der Waals surface area contributed by atoms with Crippen molar-refractivity contribution in [3.8, 4) is 0 Å². The van der Waals surface area contributed by atoms with Crippen molar-refractivity contribution in [2.24, 2.45) is 5.92 Å². The zero-order chi connectivity index (χ0) is 15.3. The van der Waals surface area contributed by atoms with Crippen molar-refractivity contribution >= 4 is 5.97 Å². The molecule has 0 unspecified atom stereocenters. The Labute approximate surface area is 131 Å². The first-order valence-corrected chi connectivity index (χ1v) is 9.11. The number of hydrogen-bond acceptors (Lipinski definition) is 2. The second kappa shape index (κ2) is 11.8. The fraction of sp³-hybridized carbons (Fsp3) is 0.842. The van der Waals surface area contributed by atoms with Crippen molar-refractivity contribution in [3.63, 3.8) is 0 Å². The summed E-state index contributed by atoms with van der Waals surface area (Å²) in [5.74, 6) is 0.0774. The second-order valence-electron chi connectivity index (χ2n) is 6.43. The molecule has 1 heterocycles. The molecule has 2 nitrogen and oxygen atoms in total. The zero-order valence-electron chi connectivity index (χ0n) is 13.9. The highest BCUT2D eigenvalue weighted by atomic mass is 16.6. The molecule has 2 heteroatoms. The molecule has 21 heavy (non-hydrogen) atoms.